The van der Waals surface area contributed by atoms with Crippen molar-refractivity contribution in [2.75, 3.05) is 11.9 Å². The third kappa shape index (κ3) is 4.38. The third-order valence-corrected chi connectivity index (χ3v) is 4.44. The van der Waals surface area contributed by atoms with E-state index in [9.17, 15) is 18.0 Å². The highest BCUT2D eigenvalue weighted by Crippen LogP contribution is 2.28. The molecule has 0 unspecified atom stereocenters. The van der Waals surface area contributed by atoms with Gasteiger partial charge in [0, 0.05) is 19.8 Å². The van der Waals surface area contributed by atoms with E-state index < -0.39 is 17.3 Å². The molecule has 148 valence electrons. The summed E-state index contributed by atoms with van der Waals surface area (Å²) >= 11 is 6.20. The van der Waals surface area contributed by atoms with Crippen LogP contribution in [0.25, 0.3) is 5.82 Å². The number of rotatable bonds is 4. The number of anilines is 1. The lowest BCUT2D eigenvalue weighted by molar-refractivity contribution is -0.137. The number of nitrogens with zero attached hydrogens (tertiary/aromatic N) is 5. The highest BCUT2D eigenvalue weighted by Gasteiger charge is 2.30. The van der Waals surface area contributed by atoms with Gasteiger partial charge in [-0.25, -0.2) is 4.98 Å². The second-order valence-corrected chi connectivity index (χ2v) is 6.51. The summed E-state index contributed by atoms with van der Waals surface area (Å²) in [5.74, 6) is -0.0826. The molecule has 0 aliphatic carbocycles. The molecule has 2 aromatic heterocycles. The van der Waals surface area contributed by atoms with Crippen LogP contribution in [0, 0.1) is 11.3 Å². The molecule has 0 saturated carbocycles. The van der Waals surface area contributed by atoms with Crippen molar-refractivity contribution in [3.8, 4) is 11.9 Å². The zero-order valence-corrected chi connectivity index (χ0v) is 15.7. The lowest BCUT2D eigenvalue weighted by Crippen LogP contribution is -2.26. The van der Waals surface area contributed by atoms with Gasteiger partial charge in [-0.2, -0.15) is 28.2 Å². The average molecular weight is 420 g/mol. The van der Waals surface area contributed by atoms with Gasteiger partial charge in [-0.3, -0.25) is 4.79 Å². The van der Waals surface area contributed by atoms with Gasteiger partial charge in [-0.15, -0.1) is 0 Å². The second-order valence-electron chi connectivity index (χ2n) is 6.13. The van der Waals surface area contributed by atoms with E-state index in [1.54, 1.807) is 30.1 Å². The van der Waals surface area contributed by atoms with E-state index in [1.165, 1.54) is 6.20 Å². The number of hydrogen-bond donors (Lipinski definition) is 0. The van der Waals surface area contributed by atoms with E-state index in [2.05, 4.69) is 16.2 Å². The molecule has 29 heavy (non-hydrogen) atoms. The van der Waals surface area contributed by atoms with Crippen molar-refractivity contribution in [2.45, 2.75) is 12.7 Å². The summed E-state index contributed by atoms with van der Waals surface area (Å²) in [7, 11) is 1.70. The minimum Gasteiger partial charge on any atom is -0.368 e. The molecule has 0 N–H and O–H groups in total. The molecule has 0 atom stereocenters. The van der Waals surface area contributed by atoms with Crippen LogP contribution in [0.1, 0.15) is 16.7 Å². The molecule has 6 nitrogen and oxygen atoms in total. The van der Waals surface area contributed by atoms with E-state index >= 15 is 0 Å². The fourth-order valence-corrected chi connectivity index (χ4v) is 2.90. The van der Waals surface area contributed by atoms with Crippen LogP contribution >= 0.6 is 11.6 Å². The van der Waals surface area contributed by atoms with Crippen molar-refractivity contribution < 1.29 is 13.2 Å². The highest BCUT2D eigenvalue weighted by atomic mass is 35.5. The molecule has 3 aromatic rings. The Balaban J connectivity index is 1.89. The summed E-state index contributed by atoms with van der Waals surface area (Å²) in [5, 5.41) is 12.8. The quantitative estimate of drug-likeness (QED) is 0.643. The maximum absolute atomic E-state index is 12.7. The number of nitriles is 1. The minimum atomic E-state index is -4.53. The molecule has 10 heteroatoms. The van der Waals surface area contributed by atoms with Gasteiger partial charge < -0.3 is 4.90 Å². The Morgan fingerprint density at radius 2 is 2.00 bits per heavy atom. The van der Waals surface area contributed by atoms with Gasteiger partial charge in [0.1, 0.15) is 5.02 Å². The Bertz CT molecular complexity index is 1140. The van der Waals surface area contributed by atoms with Gasteiger partial charge in [-0.05, 0) is 29.8 Å². The van der Waals surface area contributed by atoms with E-state index in [1.807, 2.05) is 6.07 Å². The van der Waals surface area contributed by atoms with Gasteiger partial charge in [-0.1, -0.05) is 23.7 Å². The zero-order valence-electron chi connectivity index (χ0n) is 15.0. The molecule has 0 amide bonds. The first-order valence-electron chi connectivity index (χ1n) is 8.22. The largest absolute Gasteiger partial charge is 0.417 e. The van der Waals surface area contributed by atoms with Gasteiger partial charge in [0.2, 0.25) is 0 Å². The molecule has 0 bridgehead atoms. The molecule has 2 heterocycles. The monoisotopic (exact) mass is 419 g/mol. The maximum atomic E-state index is 12.7. The Morgan fingerprint density at radius 3 is 2.62 bits per heavy atom. The number of halogens is 4. The van der Waals surface area contributed by atoms with Crippen molar-refractivity contribution in [1.29, 1.82) is 5.26 Å². The van der Waals surface area contributed by atoms with Crippen LogP contribution in [0.2, 0.25) is 5.02 Å². The smallest absolute Gasteiger partial charge is 0.368 e. The fraction of sp³-hybridized carbons (Fsp3) is 0.158. The topological polar surface area (TPSA) is 74.8 Å². The van der Waals surface area contributed by atoms with Crippen LogP contribution in [0.15, 0.2) is 53.6 Å². The lowest BCUT2D eigenvalue weighted by atomic mass is 10.1. The molecular weight excluding hydrogens is 407 g/mol. The Morgan fingerprint density at radius 1 is 1.24 bits per heavy atom. The lowest BCUT2D eigenvalue weighted by Gasteiger charge is -2.20. The van der Waals surface area contributed by atoms with Crippen molar-refractivity contribution in [3.05, 3.63) is 80.9 Å². The van der Waals surface area contributed by atoms with Crippen LogP contribution in [0.5, 0.6) is 0 Å². The standard InChI is InChI=1S/C19H13ClF3N5O/c1-27(11-13-4-2-3-12(7-13)8-24)15-10-26-28(18(29)17(15)20)16-6-5-14(9-25-16)19(21,22)23/h2-7,9-10H,11H2,1H3. The number of alkyl halides is 3. The summed E-state index contributed by atoms with van der Waals surface area (Å²) in [5.41, 5.74) is 0.0210. The second kappa shape index (κ2) is 7.93. The first-order valence-corrected chi connectivity index (χ1v) is 8.60. The van der Waals surface area contributed by atoms with Crippen molar-refractivity contribution >= 4 is 17.3 Å². The third-order valence-electron chi connectivity index (χ3n) is 4.08. The van der Waals surface area contributed by atoms with Crippen LogP contribution in [-0.4, -0.2) is 21.8 Å². The van der Waals surface area contributed by atoms with Crippen LogP contribution in [0.3, 0.4) is 0 Å². The number of benzene rings is 1. The number of pyridine rings is 1. The van der Waals surface area contributed by atoms with Crippen LogP contribution < -0.4 is 10.5 Å². The number of hydrogen-bond acceptors (Lipinski definition) is 5. The predicted octanol–water partition coefficient (Wildman–Crippen LogP) is 3.81. The molecule has 1 aromatic carbocycles. The van der Waals surface area contributed by atoms with E-state index in [-0.39, 0.29) is 10.8 Å². The SMILES string of the molecule is CN(Cc1cccc(C#N)c1)c1cnn(-c2ccc(C(F)(F)F)cn2)c(=O)c1Cl. The molecule has 0 fully saturated rings. The van der Waals surface area contributed by atoms with E-state index in [0.717, 1.165) is 22.4 Å². The van der Waals surface area contributed by atoms with E-state index in [0.29, 0.717) is 24.0 Å². The van der Waals surface area contributed by atoms with Gasteiger partial charge in [0.25, 0.3) is 5.56 Å². The van der Waals surface area contributed by atoms with Gasteiger partial charge >= 0.3 is 6.18 Å². The molecule has 0 aliphatic heterocycles. The molecule has 0 radical (unpaired) electrons. The molecule has 0 saturated heterocycles. The normalized spacial score (nSPS) is 11.2. The first-order chi connectivity index (χ1) is 13.7. The van der Waals surface area contributed by atoms with Crippen molar-refractivity contribution in [1.82, 2.24) is 14.8 Å². The molecular formula is C19H13ClF3N5O. The molecule has 0 spiro atoms. The highest BCUT2D eigenvalue weighted by molar-refractivity contribution is 6.33. The average Bonchev–Trinajstić information content (AvgIpc) is 2.69. The van der Waals surface area contributed by atoms with Gasteiger partial charge in [0.05, 0.1) is 29.1 Å². The maximum Gasteiger partial charge on any atom is 0.417 e. The Hall–Kier alpha value is -3.38. The number of aromatic nitrogens is 3. The summed E-state index contributed by atoms with van der Waals surface area (Å²) in [6.07, 6.45) is -2.58. The predicted molar refractivity (Wildman–Crippen MR) is 101 cm³/mol. The van der Waals surface area contributed by atoms with Crippen molar-refractivity contribution in [3.63, 3.8) is 0 Å². The summed E-state index contributed by atoms with van der Waals surface area (Å²) in [6, 6.07) is 10.9. The fourth-order valence-electron chi connectivity index (χ4n) is 2.63. The minimum absolute atomic E-state index is 0.0826. The van der Waals surface area contributed by atoms with Crippen molar-refractivity contribution in [2.24, 2.45) is 0 Å². The zero-order chi connectivity index (χ0) is 21.2. The summed E-state index contributed by atoms with van der Waals surface area (Å²) in [6.45, 7) is 0.360. The van der Waals surface area contributed by atoms with Gasteiger partial charge in [0.15, 0.2) is 5.82 Å². The Kier molecular flexibility index (Phi) is 5.57. The molecule has 3 rings (SSSR count). The van der Waals surface area contributed by atoms with E-state index in [4.69, 9.17) is 16.9 Å². The summed E-state index contributed by atoms with van der Waals surface area (Å²) < 4.78 is 38.8. The Labute approximate surface area is 168 Å². The first kappa shape index (κ1) is 20.4. The van der Waals surface area contributed by atoms with Crippen LogP contribution in [-0.2, 0) is 12.7 Å². The van der Waals surface area contributed by atoms with Crippen LogP contribution in [0.4, 0.5) is 18.9 Å². The molecule has 0 aliphatic rings. The summed E-state index contributed by atoms with van der Waals surface area (Å²) in [4.78, 5) is 17.9.